The molecule has 0 amide bonds. The maximum atomic E-state index is 12.2. The minimum Gasteiger partial charge on any atom is -0.212 e. The molecule has 1 fully saturated rings. The van der Waals surface area contributed by atoms with Gasteiger partial charge >= 0.3 is 0 Å². The summed E-state index contributed by atoms with van der Waals surface area (Å²) in [5.41, 5.74) is 1.87. The van der Waals surface area contributed by atoms with Crippen LogP contribution in [-0.4, -0.2) is 28.2 Å². The first-order chi connectivity index (χ1) is 11.5. The smallest absolute Gasteiger partial charge is 0.212 e. The molecule has 7 nitrogen and oxygen atoms in total. The highest BCUT2D eigenvalue weighted by atomic mass is 32.2. The van der Waals surface area contributed by atoms with Gasteiger partial charge < -0.3 is 0 Å². The summed E-state index contributed by atoms with van der Waals surface area (Å²) in [6.07, 6.45) is 2.24. The Balaban J connectivity index is 1.44. The second kappa shape index (κ2) is 5.91. The third kappa shape index (κ3) is 3.33. The predicted octanol–water partition coefficient (Wildman–Crippen LogP) is 1.99. The van der Waals surface area contributed by atoms with Crippen molar-refractivity contribution in [3.63, 3.8) is 0 Å². The predicted molar refractivity (Wildman–Crippen MR) is 91.3 cm³/mol. The summed E-state index contributed by atoms with van der Waals surface area (Å²) < 4.78 is 28.8. The van der Waals surface area contributed by atoms with E-state index >= 15 is 0 Å². The van der Waals surface area contributed by atoms with Crippen LogP contribution in [0.3, 0.4) is 0 Å². The average Bonchev–Trinajstić information content (AvgIpc) is 3.17. The molecule has 0 saturated heterocycles. The summed E-state index contributed by atoms with van der Waals surface area (Å²) >= 11 is 1.36. The van der Waals surface area contributed by atoms with E-state index in [2.05, 4.69) is 20.0 Å². The lowest BCUT2D eigenvalue weighted by molar-refractivity contribution is 0.579. The number of fused-ring (bicyclic) bond motifs is 1. The lowest BCUT2D eigenvalue weighted by Crippen LogP contribution is -2.24. The number of hydrogen-bond donors (Lipinski definition) is 1. The molecule has 9 heteroatoms. The van der Waals surface area contributed by atoms with Gasteiger partial charge in [0.05, 0.1) is 12.3 Å². The monoisotopic (exact) mass is 363 g/mol. The van der Waals surface area contributed by atoms with Crippen LogP contribution in [0.2, 0.25) is 0 Å². The molecule has 0 bridgehead atoms. The van der Waals surface area contributed by atoms with Gasteiger partial charge in [-0.2, -0.15) is 9.61 Å². The van der Waals surface area contributed by atoms with Crippen LogP contribution in [0.1, 0.15) is 40.7 Å². The molecular weight excluding hydrogens is 346 g/mol. The highest BCUT2D eigenvalue weighted by molar-refractivity contribution is 7.88. The number of benzene rings is 1. The first-order valence-corrected chi connectivity index (χ1v) is 10.2. The second-order valence-corrected chi connectivity index (χ2v) is 8.94. The fourth-order valence-electron chi connectivity index (χ4n) is 2.47. The highest BCUT2D eigenvalue weighted by Gasteiger charge is 2.30. The molecule has 2 aromatic heterocycles. The molecule has 0 radical (unpaired) electrons. The van der Waals surface area contributed by atoms with Gasteiger partial charge in [0.1, 0.15) is 5.01 Å². The molecule has 1 aromatic carbocycles. The van der Waals surface area contributed by atoms with Crippen LogP contribution in [0.15, 0.2) is 24.3 Å². The summed E-state index contributed by atoms with van der Waals surface area (Å²) in [4.78, 5) is 0.713. The Morgan fingerprint density at radius 2 is 2.00 bits per heavy atom. The van der Waals surface area contributed by atoms with Gasteiger partial charge in [-0.05, 0) is 25.3 Å². The van der Waals surface area contributed by atoms with Crippen LogP contribution in [0.25, 0.3) is 4.96 Å². The van der Waals surface area contributed by atoms with Crippen molar-refractivity contribution in [1.29, 1.82) is 0 Å². The van der Waals surface area contributed by atoms with Crippen LogP contribution in [-0.2, 0) is 22.3 Å². The zero-order chi connectivity index (χ0) is 16.7. The van der Waals surface area contributed by atoms with E-state index in [4.69, 9.17) is 0 Å². The van der Waals surface area contributed by atoms with E-state index in [9.17, 15) is 8.42 Å². The molecule has 1 N–H and O–H groups in total. The maximum Gasteiger partial charge on any atom is 0.234 e. The Labute approximate surface area is 143 Å². The number of sulfonamides is 1. The van der Waals surface area contributed by atoms with Crippen LogP contribution in [0.5, 0.6) is 0 Å². The molecule has 1 saturated carbocycles. The highest BCUT2D eigenvalue weighted by Crippen LogP contribution is 2.39. The zero-order valence-corrected chi connectivity index (χ0v) is 14.8. The fraction of sp³-hybridized carbons (Fsp3) is 0.400. The SMILES string of the molecule is Cc1ccc(CS(=O)(=O)NCc2nn3c(C4CC4)nnc3s2)cc1. The van der Waals surface area contributed by atoms with E-state index in [0.717, 1.165) is 29.8 Å². The molecule has 3 aromatic rings. The van der Waals surface area contributed by atoms with E-state index < -0.39 is 10.0 Å². The summed E-state index contributed by atoms with van der Waals surface area (Å²) in [6, 6.07) is 7.49. The van der Waals surface area contributed by atoms with E-state index in [-0.39, 0.29) is 12.3 Å². The number of aryl methyl sites for hydroxylation is 1. The number of aromatic nitrogens is 4. The number of hydrogen-bond acceptors (Lipinski definition) is 6. The number of nitrogens with zero attached hydrogens (tertiary/aromatic N) is 4. The lowest BCUT2D eigenvalue weighted by atomic mass is 10.2. The van der Waals surface area contributed by atoms with Gasteiger partial charge in [-0.25, -0.2) is 13.1 Å². The third-order valence-electron chi connectivity index (χ3n) is 3.92. The molecule has 1 aliphatic carbocycles. The Bertz CT molecular complexity index is 971. The molecule has 0 aliphatic heterocycles. The molecule has 0 atom stereocenters. The van der Waals surface area contributed by atoms with Crippen molar-refractivity contribution in [2.45, 2.75) is 38.0 Å². The number of rotatable bonds is 6. The Morgan fingerprint density at radius 3 is 2.71 bits per heavy atom. The van der Waals surface area contributed by atoms with E-state index in [1.807, 2.05) is 31.2 Å². The Morgan fingerprint density at radius 1 is 1.25 bits per heavy atom. The van der Waals surface area contributed by atoms with E-state index in [1.165, 1.54) is 11.3 Å². The van der Waals surface area contributed by atoms with Crippen LogP contribution in [0.4, 0.5) is 0 Å². The Hall–Kier alpha value is -1.84. The van der Waals surface area contributed by atoms with Crippen LogP contribution in [0, 0.1) is 6.92 Å². The van der Waals surface area contributed by atoms with E-state index in [0.29, 0.717) is 15.9 Å². The maximum absolute atomic E-state index is 12.2. The van der Waals surface area contributed by atoms with Crippen molar-refractivity contribution in [3.05, 3.63) is 46.2 Å². The molecule has 24 heavy (non-hydrogen) atoms. The van der Waals surface area contributed by atoms with Crippen molar-refractivity contribution >= 4 is 26.3 Å². The van der Waals surface area contributed by atoms with Crippen molar-refractivity contribution in [2.75, 3.05) is 0 Å². The molecule has 2 heterocycles. The summed E-state index contributed by atoms with van der Waals surface area (Å²) in [6.45, 7) is 2.15. The minimum atomic E-state index is -3.41. The lowest BCUT2D eigenvalue weighted by Gasteiger charge is -2.05. The minimum absolute atomic E-state index is 0.0370. The van der Waals surface area contributed by atoms with Crippen molar-refractivity contribution in [3.8, 4) is 0 Å². The quantitative estimate of drug-likeness (QED) is 0.723. The molecule has 4 rings (SSSR count). The molecule has 0 unspecified atom stereocenters. The third-order valence-corrected chi connectivity index (χ3v) is 6.12. The fourth-order valence-corrected chi connectivity index (χ4v) is 4.43. The van der Waals surface area contributed by atoms with Gasteiger partial charge in [-0.3, -0.25) is 0 Å². The van der Waals surface area contributed by atoms with Gasteiger partial charge in [0.2, 0.25) is 15.0 Å². The van der Waals surface area contributed by atoms with E-state index in [1.54, 1.807) is 4.52 Å². The van der Waals surface area contributed by atoms with Crippen LogP contribution < -0.4 is 4.72 Å². The van der Waals surface area contributed by atoms with Gasteiger partial charge in [-0.1, -0.05) is 41.2 Å². The first-order valence-electron chi connectivity index (χ1n) is 7.74. The molecule has 1 aliphatic rings. The Kier molecular flexibility index (Phi) is 3.86. The molecular formula is C15H17N5O2S2. The standard InChI is InChI=1S/C15H17N5O2S2/c1-10-2-4-11(5-3-10)9-24(21,22)16-8-13-19-20-14(12-6-7-12)17-18-15(20)23-13/h2-5,12,16H,6-9H2,1H3. The van der Waals surface area contributed by atoms with Crippen LogP contribution >= 0.6 is 11.3 Å². The van der Waals surface area contributed by atoms with Gasteiger partial charge in [-0.15, -0.1) is 10.2 Å². The second-order valence-electron chi connectivity index (χ2n) is 6.09. The largest absolute Gasteiger partial charge is 0.234 e. The first kappa shape index (κ1) is 15.7. The molecule has 126 valence electrons. The van der Waals surface area contributed by atoms with Gasteiger partial charge in [0.25, 0.3) is 0 Å². The van der Waals surface area contributed by atoms with Crippen molar-refractivity contribution in [2.24, 2.45) is 0 Å². The topological polar surface area (TPSA) is 89.2 Å². The van der Waals surface area contributed by atoms with Crippen molar-refractivity contribution < 1.29 is 8.42 Å². The van der Waals surface area contributed by atoms with Gasteiger partial charge in [0.15, 0.2) is 5.82 Å². The summed E-state index contributed by atoms with van der Waals surface area (Å²) in [5.74, 6) is 1.30. The summed E-state index contributed by atoms with van der Waals surface area (Å²) in [5, 5.41) is 13.4. The van der Waals surface area contributed by atoms with Gasteiger partial charge in [0, 0.05) is 5.92 Å². The normalized spacial score (nSPS) is 15.2. The van der Waals surface area contributed by atoms with Crippen molar-refractivity contribution in [1.82, 2.24) is 24.5 Å². The zero-order valence-electron chi connectivity index (χ0n) is 13.1. The summed E-state index contributed by atoms with van der Waals surface area (Å²) in [7, 11) is -3.41. The average molecular weight is 363 g/mol. The molecule has 0 spiro atoms. The number of nitrogens with one attached hydrogen (secondary N) is 1.